The van der Waals surface area contributed by atoms with Crippen LogP contribution in [0.1, 0.15) is 45.4 Å². The third-order valence-electron chi connectivity index (χ3n) is 5.52. The Morgan fingerprint density at radius 1 is 1.25 bits per heavy atom. The molecule has 4 nitrogen and oxygen atoms in total. The number of nitrogens with zero attached hydrogens (tertiary/aromatic N) is 1. The normalized spacial score (nSPS) is 39.1. The fraction of sp³-hybridized carbons (Fsp3) is 0.750. The van der Waals surface area contributed by atoms with Gasteiger partial charge >= 0.3 is 0 Å². The maximum Gasteiger partial charge on any atom is 0.263 e. The summed E-state index contributed by atoms with van der Waals surface area (Å²) in [7, 11) is 0. The number of rotatable bonds is 3. The number of nitrogens with one attached hydrogen (secondary N) is 1. The number of nitrogens with two attached hydrogens (primary N) is 1. The first kappa shape index (κ1) is 13.5. The number of carbonyl (C=O) groups excluding carboxylic acids is 1. The van der Waals surface area contributed by atoms with Gasteiger partial charge in [-0.05, 0) is 68.6 Å². The van der Waals surface area contributed by atoms with Crippen LogP contribution in [0.15, 0.2) is 11.3 Å². The molecule has 4 rings (SSSR count). The topological polar surface area (TPSA) is 78.9 Å². The highest BCUT2D eigenvalue weighted by Crippen LogP contribution is 2.59. The van der Waals surface area contributed by atoms with Crippen LogP contribution < -0.4 is 11.1 Å². The van der Waals surface area contributed by atoms with Crippen molar-refractivity contribution in [3.63, 3.8) is 0 Å². The van der Waals surface area contributed by atoms with E-state index < -0.39 is 0 Å². The molecule has 0 atom stereocenters. The molecule has 0 heterocycles. The van der Waals surface area contributed by atoms with Gasteiger partial charge in [0.25, 0.3) is 5.91 Å². The molecule has 108 valence electrons. The molecule has 0 unspecified atom stereocenters. The van der Waals surface area contributed by atoms with E-state index in [1.807, 2.05) is 6.07 Å². The Morgan fingerprint density at radius 2 is 1.75 bits per heavy atom. The lowest BCUT2D eigenvalue weighted by molar-refractivity contribution is -0.119. The highest BCUT2D eigenvalue weighted by atomic mass is 16.1. The van der Waals surface area contributed by atoms with Crippen LogP contribution in [0.2, 0.25) is 0 Å². The standard InChI is InChI=1S/C16H23N3O/c1-10(18)14(8-17)15(20)19-9-16-5-11-2-12(6-16)4-13(3-11)7-16/h11-13H,2-7,9,18H2,1H3,(H,19,20)/b14-10+. The minimum Gasteiger partial charge on any atom is -0.401 e. The molecule has 0 aromatic carbocycles. The fourth-order valence-corrected chi connectivity index (χ4v) is 5.18. The Hall–Kier alpha value is -1.50. The summed E-state index contributed by atoms with van der Waals surface area (Å²) in [6, 6.07) is 1.90. The van der Waals surface area contributed by atoms with Gasteiger partial charge in [0.2, 0.25) is 0 Å². The van der Waals surface area contributed by atoms with Crippen molar-refractivity contribution < 1.29 is 4.79 Å². The minimum atomic E-state index is -0.303. The van der Waals surface area contributed by atoms with Crippen molar-refractivity contribution in [2.24, 2.45) is 28.9 Å². The van der Waals surface area contributed by atoms with Crippen molar-refractivity contribution >= 4 is 5.91 Å². The lowest BCUT2D eigenvalue weighted by Crippen LogP contribution is -2.51. The van der Waals surface area contributed by atoms with E-state index in [1.54, 1.807) is 6.92 Å². The molecule has 4 saturated carbocycles. The van der Waals surface area contributed by atoms with Gasteiger partial charge < -0.3 is 11.1 Å². The second-order valence-electron chi connectivity index (χ2n) is 7.27. The SMILES string of the molecule is C/C(N)=C(/C#N)C(=O)NCC12CC3CC(CC(C3)C1)C2. The molecule has 4 fully saturated rings. The maximum absolute atomic E-state index is 12.0. The van der Waals surface area contributed by atoms with E-state index in [0.29, 0.717) is 17.7 Å². The number of hydrogen-bond donors (Lipinski definition) is 2. The molecule has 4 heteroatoms. The van der Waals surface area contributed by atoms with E-state index in [9.17, 15) is 4.79 Å². The zero-order valence-electron chi connectivity index (χ0n) is 12.1. The predicted molar refractivity (Wildman–Crippen MR) is 76.1 cm³/mol. The van der Waals surface area contributed by atoms with Gasteiger partial charge in [-0.2, -0.15) is 5.26 Å². The van der Waals surface area contributed by atoms with Crippen LogP contribution in [-0.4, -0.2) is 12.5 Å². The van der Waals surface area contributed by atoms with Crippen LogP contribution in [0, 0.1) is 34.5 Å². The van der Waals surface area contributed by atoms with Crippen LogP contribution in [0.4, 0.5) is 0 Å². The first-order chi connectivity index (χ1) is 9.51. The van der Waals surface area contributed by atoms with Gasteiger partial charge in [0, 0.05) is 12.2 Å². The Balaban J connectivity index is 1.66. The number of hydrogen-bond acceptors (Lipinski definition) is 3. The Morgan fingerprint density at radius 3 is 2.15 bits per heavy atom. The third kappa shape index (κ3) is 2.30. The molecule has 4 aliphatic rings. The van der Waals surface area contributed by atoms with Crippen molar-refractivity contribution in [3.8, 4) is 6.07 Å². The second-order valence-corrected chi connectivity index (χ2v) is 7.27. The zero-order chi connectivity index (χ0) is 14.3. The van der Waals surface area contributed by atoms with Gasteiger partial charge in [0.15, 0.2) is 0 Å². The predicted octanol–water partition coefficient (Wildman–Crippen LogP) is 2.08. The summed E-state index contributed by atoms with van der Waals surface area (Å²) < 4.78 is 0. The van der Waals surface area contributed by atoms with Gasteiger partial charge in [0.05, 0.1) is 0 Å². The lowest BCUT2D eigenvalue weighted by atomic mass is 9.49. The number of allylic oxidation sites excluding steroid dienone is 1. The summed E-state index contributed by atoms with van der Waals surface area (Å²) in [5.74, 6) is 2.32. The van der Waals surface area contributed by atoms with Gasteiger partial charge in [-0.15, -0.1) is 0 Å². The molecule has 4 bridgehead atoms. The van der Waals surface area contributed by atoms with Crippen LogP contribution in [-0.2, 0) is 4.79 Å². The highest BCUT2D eigenvalue weighted by Gasteiger charge is 2.50. The van der Waals surface area contributed by atoms with Crippen molar-refractivity contribution in [1.82, 2.24) is 5.32 Å². The molecule has 4 aliphatic carbocycles. The quantitative estimate of drug-likeness (QED) is 0.610. The average Bonchev–Trinajstić information content (AvgIpc) is 2.35. The van der Waals surface area contributed by atoms with Crippen molar-refractivity contribution in [2.75, 3.05) is 6.54 Å². The van der Waals surface area contributed by atoms with Crippen molar-refractivity contribution in [1.29, 1.82) is 5.26 Å². The van der Waals surface area contributed by atoms with Gasteiger partial charge in [-0.3, -0.25) is 4.79 Å². The summed E-state index contributed by atoms with van der Waals surface area (Å²) in [5, 5.41) is 12.0. The highest BCUT2D eigenvalue weighted by molar-refractivity contribution is 5.97. The molecule has 0 aromatic rings. The smallest absolute Gasteiger partial charge is 0.263 e. The molecule has 3 N–H and O–H groups in total. The van der Waals surface area contributed by atoms with Crippen molar-refractivity contribution in [3.05, 3.63) is 11.3 Å². The molecule has 20 heavy (non-hydrogen) atoms. The largest absolute Gasteiger partial charge is 0.401 e. The molecular formula is C16H23N3O. The van der Waals surface area contributed by atoms with E-state index in [1.165, 1.54) is 38.5 Å². The van der Waals surface area contributed by atoms with Gasteiger partial charge in [-0.1, -0.05) is 0 Å². The van der Waals surface area contributed by atoms with Gasteiger partial charge in [-0.25, -0.2) is 0 Å². The average molecular weight is 273 g/mol. The van der Waals surface area contributed by atoms with E-state index in [2.05, 4.69) is 5.32 Å². The first-order valence-electron chi connectivity index (χ1n) is 7.66. The molecular weight excluding hydrogens is 250 g/mol. The number of nitriles is 1. The summed E-state index contributed by atoms with van der Waals surface area (Å²) in [6.07, 6.45) is 7.97. The molecule has 0 aromatic heterocycles. The third-order valence-corrected chi connectivity index (χ3v) is 5.52. The fourth-order valence-electron chi connectivity index (χ4n) is 5.18. The molecule has 1 amide bonds. The van der Waals surface area contributed by atoms with E-state index in [4.69, 9.17) is 11.0 Å². The van der Waals surface area contributed by atoms with Crippen LogP contribution in [0.25, 0.3) is 0 Å². The summed E-state index contributed by atoms with van der Waals surface area (Å²) in [4.78, 5) is 12.0. The van der Waals surface area contributed by atoms with Crippen molar-refractivity contribution in [2.45, 2.75) is 45.4 Å². The van der Waals surface area contributed by atoms with E-state index >= 15 is 0 Å². The molecule has 0 aliphatic heterocycles. The molecule has 0 spiro atoms. The zero-order valence-corrected chi connectivity index (χ0v) is 12.1. The Bertz CT molecular complexity index is 461. The number of carbonyl (C=O) groups is 1. The summed E-state index contributed by atoms with van der Waals surface area (Å²) >= 11 is 0. The monoisotopic (exact) mass is 273 g/mol. The van der Waals surface area contributed by atoms with Gasteiger partial charge in [0.1, 0.15) is 11.6 Å². The Labute approximate surface area is 120 Å². The van der Waals surface area contributed by atoms with E-state index in [0.717, 1.165) is 17.8 Å². The second kappa shape index (κ2) is 4.80. The first-order valence-corrected chi connectivity index (χ1v) is 7.66. The van der Waals surface area contributed by atoms with Crippen LogP contribution in [0.3, 0.4) is 0 Å². The number of amides is 1. The summed E-state index contributed by atoms with van der Waals surface area (Å²) in [5.41, 5.74) is 6.25. The minimum absolute atomic E-state index is 0.0646. The molecule has 0 saturated heterocycles. The summed E-state index contributed by atoms with van der Waals surface area (Å²) in [6.45, 7) is 2.32. The van der Waals surface area contributed by atoms with Crippen LogP contribution in [0.5, 0.6) is 0 Å². The van der Waals surface area contributed by atoms with Crippen LogP contribution >= 0.6 is 0 Å². The molecule has 0 radical (unpaired) electrons. The van der Waals surface area contributed by atoms with E-state index in [-0.39, 0.29) is 11.5 Å². The maximum atomic E-state index is 12.0. The lowest BCUT2D eigenvalue weighted by Gasteiger charge is -2.56. The Kier molecular flexibility index (Phi) is 3.24.